The van der Waals surface area contributed by atoms with E-state index in [-0.39, 0.29) is 5.91 Å². The summed E-state index contributed by atoms with van der Waals surface area (Å²) in [5.41, 5.74) is 3.31. The number of methoxy groups -OCH3 is 1. The smallest absolute Gasteiger partial charge is 0.251 e. The molecule has 1 heterocycles. The van der Waals surface area contributed by atoms with Crippen molar-refractivity contribution >= 4 is 27.5 Å². The molecule has 0 saturated carbocycles. The van der Waals surface area contributed by atoms with E-state index in [4.69, 9.17) is 9.47 Å². The lowest BCUT2D eigenvalue weighted by Crippen LogP contribution is -2.28. The third-order valence-corrected chi connectivity index (χ3v) is 4.08. The van der Waals surface area contributed by atoms with E-state index in [1.54, 1.807) is 24.8 Å². The van der Waals surface area contributed by atoms with Gasteiger partial charge in [0.2, 0.25) is 0 Å². The lowest BCUT2D eigenvalue weighted by molar-refractivity contribution is 0.0947. The van der Waals surface area contributed by atoms with Gasteiger partial charge in [-0.25, -0.2) is 4.98 Å². The van der Waals surface area contributed by atoms with Crippen molar-refractivity contribution in [2.45, 2.75) is 0 Å². The zero-order valence-electron chi connectivity index (χ0n) is 12.6. The van der Waals surface area contributed by atoms with Crippen LogP contribution in [0.25, 0.3) is 10.2 Å². The van der Waals surface area contributed by atoms with E-state index in [9.17, 15) is 4.79 Å². The van der Waals surface area contributed by atoms with Gasteiger partial charge in [0.15, 0.2) is 0 Å². The van der Waals surface area contributed by atoms with Crippen LogP contribution in [0.3, 0.4) is 0 Å². The number of carbonyl (C=O) groups excluding carboxylic acids is 1. The normalized spacial score (nSPS) is 10.5. The van der Waals surface area contributed by atoms with E-state index >= 15 is 0 Å². The minimum absolute atomic E-state index is 0.116. The first-order chi connectivity index (χ1) is 11.3. The monoisotopic (exact) mass is 328 g/mol. The summed E-state index contributed by atoms with van der Waals surface area (Å²) in [6.45, 7) is 0.818. The maximum absolute atomic E-state index is 12.1. The van der Waals surface area contributed by atoms with Crippen LogP contribution in [0.4, 0.5) is 0 Å². The van der Waals surface area contributed by atoms with Gasteiger partial charge in [-0.1, -0.05) is 6.07 Å². The molecule has 0 aliphatic carbocycles. The van der Waals surface area contributed by atoms with E-state index < -0.39 is 0 Å². The fourth-order valence-electron chi connectivity index (χ4n) is 2.12. The summed E-state index contributed by atoms with van der Waals surface area (Å²) >= 11 is 1.52. The number of aromatic nitrogens is 1. The van der Waals surface area contributed by atoms with Crippen molar-refractivity contribution in [1.82, 2.24) is 10.3 Å². The van der Waals surface area contributed by atoms with Crippen molar-refractivity contribution in [2.75, 3.05) is 20.3 Å². The Labute approximate surface area is 137 Å². The predicted octanol–water partition coefficient (Wildman–Crippen LogP) is 3.11. The molecule has 0 atom stereocenters. The first-order valence-corrected chi connectivity index (χ1v) is 8.02. The zero-order valence-corrected chi connectivity index (χ0v) is 13.4. The summed E-state index contributed by atoms with van der Waals surface area (Å²) in [4.78, 5) is 16.3. The molecule has 0 radical (unpaired) electrons. The first-order valence-electron chi connectivity index (χ1n) is 7.14. The molecule has 0 saturated heterocycles. The van der Waals surface area contributed by atoms with E-state index in [0.29, 0.717) is 24.5 Å². The molecular formula is C17H16N2O3S. The van der Waals surface area contributed by atoms with Crippen molar-refractivity contribution < 1.29 is 14.3 Å². The van der Waals surface area contributed by atoms with Crippen LogP contribution < -0.4 is 14.8 Å². The third-order valence-electron chi connectivity index (χ3n) is 3.29. The van der Waals surface area contributed by atoms with Crippen LogP contribution in [0, 0.1) is 0 Å². The molecule has 6 heteroatoms. The number of carbonyl (C=O) groups is 1. The highest BCUT2D eigenvalue weighted by atomic mass is 32.1. The number of nitrogens with one attached hydrogen (secondary N) is 1. The summed E-state index contributed by atoms with van der Waals surface area (Å²) in [5, 5.41) is 2.84. The maximum atomic E-state index is 12.1. The van der Waals surface area contributed by atoms with E-state index in [1.165, 1.54) is 11.3 Å². The first kappa shape index (κ1) is 15.3. The second kappa shape index (κ2) is 7.11. The zero-order chi connectivity index (χ0) is 16.1. The average Bonchev–Trinajstić information content (AvgIpc) is 3.06. The molecule has 5 nitrogen and oxygen atoms in total. The van der Waals surface area contributed by atoms with Gasteiger partial charge in [-0.05, 0) is 30.3 Å². The Morgan fingerprint density at radius 2 is 2.09 bits per heavy atom. The highest BCUT2D eigenvalue weighted by Gasteiger charge is 2.07. The number of amides is 1. The van der Waals surface area contributed by atoms with Crippen LogP contribution in [0.1, 0.15) is 10.4 Å². The highest BCUT2D eigenvalue weighted by Crippen LogP contribution is 2.19. The molecule has 0 aliphatic heterocycles. The quantitative estimate of drug-likeness (QED) is 0.706. The average molecular weight is 328 g/mol. The molecule has 0 bridgehead atoms. The number of ether oxygens (including phenoxy) is 2. The Hall–Kier alpha value is -2.60. The lowest BCUT2D eigenvalue weighted by Gasteiger charge is -2.09. The van der Waals surface area contributed by atoms with Gasteiger partial charge >= 0.3 is 0 Å². The van der Waals surface area contributed by atoms with Crippen LogP contribution in [0.2, 0.25) is 0 Å². The van der Waals surface area contributed by atoms with Gasteiger partial charge in [0, 0.05) is 11.6 Å². The number of fused-ring (bicyclic) bond motifs is 1. The summed E-state index contributed by atoms with van der Waals surface area (Å²) in [5.74, 6) is 1.34. The second-order valence-corrected chi connectivity index (χ2v) is 5.70. The Bertz CT molecular complexity index is 816. The van der Waals surface area contributed by atoms with Gasteiger partial charge in [0.05, 0.1) is 29.4 Å². The molecule has 0 spiro atoms. The van der Waals surface area contributed by atoms with E-state index in [1.807, 2.05) is 30.3 Å². The molecule has 1 amide bonds. The lowest BCUT2D eigenvalue weighted by atomic mass is 10.2. The van der Waals surface area contributed by atoms with Crippen LogP contribution in [0.15, 0.2) is 48.0 Å². The van der Waals surface area contributed by atoms with E-state index in [2.05, 4.69) is 10.3 Å². The Kier molecular flexibility index (Phi) is 4.73. The van der Waals surface area contributed by atoms with Gasteiger partial charge in [0.1, 0.15) is 18.1 Å². The fraction of sp³-hybridized carbons (Fsp3) is 0.176. The molecule has 1 aromatic heterocycles. The number of benzene rings is 2. The van der Waals surface area contributed by atoms with Crippen molar-refractivity contribution in [3.05, 3.63) is 53.5 Å². The van der Waals surface area contributed by atoms with Crippen LogP contribution >= 0.6 is 11.3 Å². The molecule has 23 heavy (non-hydrogen) atoms. The minimum Gasteiger partial charge on any atom is -0.497 e. The molecule has 0 aliphatic rings. The predicted molar refractivity (Wildman–Crippen MR) is 90.4 cm³/mol. The van der Waals surface area contributed by atoms with Gasteiger partial charge in [-0.15, -0.1) is 11.3 Å². The fourth-order valence-corrected chi connectivity index (χ4v) is 2.84. The van der Waals surface area contributed by atoms with Crippen LogP contribution in [0.5, 0.6) is 11.5 Å². The summed E-state index contributed by atoms with van der Waals surface area (Å²) in [6, 6.07) is 12.8. The van der Waals surface area contributed by atoms with Crippen LogP contribution in [-0.4, -0.2) is 31.2 Å². The van der Waals surface area contributed by atoms with Crippen molar-refractivity contribution in [3.8, 4) is 11.5 Å². The van der Waals surface area contributed by atoms with Crippen molar-refractivity contribution in [3.63, 3.8) is 0 Å². The van der Waals surface area contributed by atoms with Gasteiger partial charge < -0.3 is 14.8 Å². The number of hydrogen-bond donors (Lipinski definition) is 1. The number of hydrogen-bond acceptors (Lipinski definition) is 5. The van der Waals surface area contributed by atoms with Crippen LogP contribution in [-0.2, 0) is 0 Å². The van der Waals surface area contributed by atoms with Crippen molar-refractivity contribution in [1.29, 1.82) is 0 Å². The maximum Gasteiger partial charge on any atom is 0.251 e. The van der Waals surface area contributed by atoms with Gasteiger partial charge in [-0.3, -0.25) is 4.79 Å². The standard InChI is InChI=1S/C17H16N2O3S/c1-21-13-3-2-4-14(10-13)22-8-7-18-17(20)12-5-6-15-16(9-12)23-11-19-15/h2-6,9-11H,7-8H2,1H3,(H,18,20). The Balaban J connectivity index is 1.50. The molecule has 1 N–H and O–H groups in total. The molecular weight excluding hydrogens is 312 g/mol. The van der Waals surface area contributed by atoms with E-state index in [0.717, 1.165) is 16.0 Å². The number of nitrogens with zero attached hydrogens (tertiary/aromatic N) is 1. The SMILES string of the molecule is COc1cccc(OCCNC(=O)c2ccc3ncsc3c2)c1. The summed E-state index contributed by atoms with van der Waals surface area (Å²) < 4.78 is 11.7. The minimum atomic E-state index is -0.116. The van der Waals surface area contributed by atoms with Gasteiger partial charge in [0.25, 0.3) is 5.91 Å². The molecule has 3 rings (SSSR count). The van der Waals surface area contributed by atoms with Crippen molar-refractivity contribution in [2.24, 2.45) is 0 Å². The molecule has 3 aromatic rings. The summed E-state index contributed by atoms with van der Waals surface area (Å²) in [7, 11) is 1.61. The molecule has 2 aromatic carbocycles. The number of rotatable bonds is 6. The third kappa shape index (κ3) is 3.78. The molecule has 118 valence electrons. The molecule has 0 fully saturated rings. The largest absolute Gasteiger partial charge is 0.497 e. The van der Waals surface area contributed by atoms with Gasteiger partial charge in [-0.2, -0.15) is 0 Å². The second-order valence-electron chi connectivity index (χ2n) is 4.82. The Morgan fingerprint density at radius 1 is 1.22 bits per heavy atom. The topological polar surface area (TPSA) is 60.5 Å². The number of thiazole rings is 1. The Morgan fingerprint density at radius 3 is 2.96 bits per heavy atom. The molecule has 0 unspecified atom stereocenters. The summed E-state index contributed by atoms with van der Waals surface area (Å²) in [6.07, 6.45) is 0. The highest BCUT2D eigenvalue weighted by molar-refractivity contribution is 7.16.